The van der Waals surface area contributed by atoms with Gasteiger partial charge in [0.05, 0.1) is 12.6 Å². The Balaban J connectivity index is 2.26. The SMILES string of the molecule is COc1ccc(S(=O)(=O)n2cc(CCl)c3cc(Cl)ccc32)c(Br)c1. The van der Waals surface area contributed by atoms with E-state index in [0.717, 1.165) is 0 Å². The topological polar surface area (TPSA) is 48.3 Å². The Morgan fingerprint density at radius 3 is 2.58 bits per heavy atom. The van der Waals surface area contributed by atoms with Crippen LogP contribution >= 0.6 is 39.1 Å². The zero-order valence-electron chi connectivity index (χ0n) is 12.5. The molecule has 0 aliphatic rings. The van der Waals surface area contributed by atoms with Crippen LogP contribution in [0.1, 0.15) is 5.56 Å². The molecule has 0 fully saturated rings. The molecular formula is C16H12BrCl2NO3S. The number of benzene rings is 2. The minimum absolute atomic E-state index is 0.135. The summed E-state index contributed by atoms with van der Waals surface area (Å²) >= 11 is 15.3. The highest BCUT2D eigenvalue weighted by atomic mass is 79.9. The molecule has 0 radical (unpaired) electrons. The molecule has 2 aromatic carbocycles. The standard InChI is InChI=1S/C16H12BrCl2NO3S/c1-23-12-3-5-16(14(17)7-12)24(21,22)20-9-10(8-18)13-6-11(19)2-4-15(13)20/h2-7,9H,8H2,1H3. The Morgan fingerprint density at radius 1 is 1.21 bits per heavy atom. The normalized spacial score (nSPS) is 11.8. The van der Waals surface area contributed by atoms with Crippen molar-refractivity contribution >= 4 is 60.1 Å². The van der Waals surface area contributed by atoms with Crippen molar-refractivity contribution in [3.05, 3.63) is 57.7 Å². The molecule has 0 atom stereocenters. The van der Waals surface area contributed by atoms with Crippen LogP contribution in [0.5, 0.6) is 5.75 Å². The van der Waals surface area contributed by atoms with Crippen molar-refractivity contribution in [2.24, 2.45) is 0 Å². The maximum Gasteiger partial charge on any atom is 0.269 e. The number of fused-ring (bicyclic) bond motifs is 1. The highest BCUT2D eigenvalue weighted by Crippen LogP contribution is 2.33. The molecule has 0 saturated heterocycles. The summed E-state index contributed by atoms with van der Waals surface area (Å²) in [6.07, 6.45) is 1.53. The fourth-order valence-corrected chi connectivity index (χ4v) is 5.27. The van der Waals surface area contributed by atoms with Crippen molar-refractivity contribution in [2.75, 3.05) is 7.11 Å². The number of hydrogen-bond donors (Lipinski definition) is 0. The van der Waals surface area contributed by atoms with Crippen molar-refractivity contribution in [3.8, 4) is 5.75 Å². The van der Waals surface area contributed by atoms with Gasteiger partial charge in [0.2, 0.25) is 0 Å². The van der Waals surface area contributed by atoms with Gasteiger partial charge in [-0.25, -0.2) is 12.4 Å². The van der Waals surface area contributed by atoms with E-state index in [1.165, 1.54) is 23.3 Å². The lowest BCUT2D eigenvalue weighted by molar-refractivity contribution is 0.414. The summed E-state index contributed by atoms with van der Waals surface area (Å²) in [6.45, 7) is 0. The Morgan fingerprint density at radius 2 is 1.96 bits per heavy atom. The van der Waals surface area contributed by atoms with E-state index in [-0.39, 0.29) is 10.8 Å². The summed E-state index contributed by atoms with van der Waals surface area (Å²) in [7, 11) is -2.29. The van der Waals surface area contributed by atoms with Gasteiger partial charge >= 0.3 is 0 Å². The van der Waals surface area contributed by atoms with Crippen LogP contribution in [0.15, 0.2) is 52.0 Å². The zero-order valence-corrected chi connectivity index (χ0v) is 16.4. The molecule has 0 aliphatic carbocycles. The highest BCUT2D eigenvalue weighted by molar-refractivity contribution is 9.10. The summed E-state index contributed by atoms with van der Waals surface area (Å²) < 4.78 is 33.0. The van der Waals surface area contributed by atoms with E-state index < -0.39 is 10.0 Å². The van der Waals surface area contributed by atoms with Crippen LogP contribution in [0.25, 0.3) is 10.9 Å². The van der Waals surface area contributed by atoms with Crippen molar-refractivity contribution in [3.63, 3.8) is 0 Å². The average Bonchev–Trinajstić information content (AvgIpc) is 2.92. The number of hydrogen-bond acceptors (Lipinski definition) is 3. The second-order valence-electron chi connectivity index (χ2n) is 5.05. The second-order valence-corrected chi connectivity index (χ2v) is 8.39. The van der Waals surface area contributed by atoms with Crippen molar-refractivity contribution in [1.82, 2.24) is 3.97 Å². The predicted octanol–water partition coefficient (Wildman–Crippen LogP) is 5.04. The Kier molecular flexibility index (Phi) is 4.84. The number of ether oxygens (including phenoxy) is 1. The Bertz CT molecular complexity index is 1030. The molecule has 24 heavy (non-hydrogen) atoms. The van der Waals surface area contributed by atoms with Gasteiger partial charge in [0.1, 0.15) is 10.6 Å². The molecule has 0 saturated carbocycles. The van der Waals surface area contributed by atoms with Crippen LogP contribution in [0, 0.1) is 0 Å². The van der Waals surface area contributed by atoms with Crippen molar-refractivity contribution in [1.29, 1.82) is 0 Å². The molecule has 0 unspecified atom stereocenters. The third kappa shape index (κ3) is 2.92. The fraction of sp³-hybridized carbons (Fsp3) is 0.125. The van der Waals surface area contributed by atoms with Crippen LogP contribution < -0.4 is 4.74 Å². The number of methoxy groups -OCH3 is 1. The molecule has 0 bridgehead atoms. The third-order valence-corrected chi connectivity index (χ3v) is 6.81. The van der Waals surface area contributed by atoms with E-state index in [4.69, 9.17) is 27.9 Å². The van der Waals surface area contributed by atoms with Gasteiger partial charge in [-0.05, 0) is 57.9 Å². The Labute approximate surface area is 158 Å². The molecule has 1 heterocycles. The summed E-state index contributed by atoms with van der Waals surface area (Å²) in [5.74, 6) is 0.745. The van der Waals surface area contributed by atoms with Gasteiger partial charge in [-0.15, -0.1) is 11.6 Å². The first-order valence-corrected chi connectivity index (χ1v) is 9.97. The summed E-state index contributed by atoms with van der Waals surface area (Å²) in [4.78, 5) is 0.135. The monoisotopic (exact) mass is 447 g/mol. The summed E-state index contributed by atoms with van der Waals surface area (Å²) in [5, 5.41) is 1.24. The van der Waals surface area contributed by atoms with Crippen LogP contribution in [0.2, 0.25) is 5.02 Å². The summed E-state index contributed by atoms with van der Waals surface area (Å²) in [6, 6.07) is 9.74. The molecule has 126 valence electrons. The lowest BCUT2D eigenvalue weighted by Crippen LogP contribution is -2.12. The average molecular weight is 449 g/mol. The molecule has 0 N–H and O–H groups in total. The molecule has 4 nitrogen and oxygen atoms in total. The van der Waals surface area contributed by atoms with Gasteiger partial charge in [-0.1, -0.05) is 11.6 Å². The number of halogens is 3. The summed E-state index contributed by atoms with van der Waals surface area (Å²) in [5.41, 5.74) is 1.22. The number of alkyl halides is 1. The molecular weight excluding hydrogens is 437 g/mol. The first kappa shape index (κ1) is 17.6. The molecule has 3 rings (SSSR count). The maximum atomic E-state index is 13.1. The van der Waals surface area contributed by atoms with Crippen molar-refractivity contribution in [2.45, 2.75) is 10.8 Å². The van der Waals surface area contributed by atoms with E-state index in [2.05, 4.69) is 15.9 Å². The van der Waals surface area contributed by atoms with Gasteiger partial charge in [0, 0.05) is 27.0 Å². The zero-order chi connectivity index (χ0) is 17.5. The van der Waals surface area contributed by atoms with Crippen LogP contribution in [-0.4, -0.2) is 19.5 Å². The second kappa shape index (κ2) is 6.59. The quantitative estimate of drug-likeness (QED) is 0.525. The van der Waals surface area contributed by atoms with Gasteiger partial charge in [-0.3, -0.25) is 0 Å². The smallest absolute Gasteiger partial charge is 0.269 e. The van der Waals surface area contributed by atoms with Crippen LogP contribution in [-0.2, 0) is 15.9 Å². The molecule has 0 amide bonds. The highest BCUT2D eigenvalue weighted by Gasteiger charge is 2.23. The fourth-order valence-electron chi connectivity index (χ4n) is 2.47. The van der Waals surface area contributed by atoms with E-state index >= 15 is 0 Å². The van der Waals surface area contributed by atoms with E-state index in [1.807, 2.05) is 0 Å². The maximum absolute atomic E-state index is 13.1. The molecule has 0 aliphatic heterocycles. The predicted molar refractivity (Wildman–Crippen MR) is 99.8 cm³/mol. The number of nitrogens with zero attached hydrogens (tertiary/aromatic N) is 1. The number of aromatic nitrogens is 1. The lowest BCUT2D eigenvalue weighted by Gasteiger charge is -2.10. The third-order valence-electron chi connectivity index (χ3n) is 3.63. The Hall–Kier alpha value is -1.21. The number of rotatable bonds is 4. The minimum atomic E-state index is -3.81. The van der Waals surface area contributed by atoms with E-state index in [1.54, 1.807) is 30.3 Å². The van der Waals surface area contributed by atoms with E-state index in [0.29, 0.717) is 31.7 Å². The largest absolute Gasteiger partial charge is 0.497 e. The first-order valence-electron chi connectivity index (χ1n) is 6.83. The minimum Gasteiger partial charge on any atom is -0.497 e. The lowest BCUT2D eigenvalue weighted by atomic mass is 10.2. The van der Waals surface area contributed by atoms with Gasteiger partial charge in [-0.2, -0.15) is 0 Å². The van der Waals surface area contributed by atoms with Gasteiger partial charge in [0.15, 0.2) is 0 Å². The van der Waals surface area contributed by atoms with Gasteiger partial charge in [0.25, 0.3) is 10.0 Å². The molecule has 1 aromatic heterocycles. The van der Waals surface area contributed by atoms with Gasteiger partial charge < -0.3 is 4.74 Å². The van der Waals surface area contributed by atoms with Crippen molar-refractivity contribution < 1.29 is 13.2 Å². The molecule has 0 spiro atoms. The van der Waals surface area contributed by atoms with Crippen LogP contribution in [0.4, 0.5) is 0 Å². The van der Waals surface area contributed by atoms with E-state index in [9.17, 15) is 8.42 Å². The first-order chi connectivity index (χ1) is 11.4. The van der Waals surface area contributed by atoms with Crippen LogP contribution in [0.3, 0.4) is 0 Å². The molecule has 8 heteroatoms. The molecule has 3 aromatic rings.